The molecule has 0 unspecified atom stereocenters. The zero-order valence-electron chi connectivity index (χ0n) is 14.7. The van der Waals surface area contributed by atoms with Gasteiger partial charge < -0.3 is 9.73 Å². The first-order chi connectivity index (χ1) is 13.8. The number of nitrogens with one attached hydrogen (secondary N) is 1. The standard InChI is InChI=1S/C18H14ClF3N4O2S/c1-2-7-26-16(14-4-3-8-28-14)24-25-17(26)29-10-15(27)23-13-6-5-11(19)9-12(13)18(20,21)22/h2-6,8-9H,1,7,10H2,(H,23,27). The van der Waals surface area contributed by atoms with Crippen molar-refractivity contribution in [3.05, 3.63) is 59.8 Å². The van der Waals surface area contributed by atoms with Gasteiger partial charge in [0.25, 0.3) is 0 Å². The molecule has 29 heavy (non-hydrogen) atoms. The molecule has 0 fully saturated rings. The molecular weight excluding hydrogens is 429 g/mol. The molecule has 0 aliphatic heterocycles. The molecule has 3 aromatic rings. The van der Waals surface area contributed by atoms with E-state index < -0.39 is 17.6 Å². The first-order valence-corrected chi connectivity index (χ1v) is 9.53. The molecule has 152 valence electrons. The Balaban J connectivity index is 1.73. The molecule has 0 saturated heterocycles. The van der Waals surface area contributed by atoms with E-state index in [1.54, 1.807) is 22.8 Å². The summed E-state index contributed by atoms with van der Waals surface area (Å²) in [6, 6.07) is 6.57. The van der Waals surface area contributed by atoms with E-state index >= 15 is 0 Å². The number of allylic oxidation sites excluding steroid dienone is 1. The molecule has 3 rings (SSSR count). The number of carbonyl (C=O) groups excluding carboxylic acids is 1. The highest BCUT2D eigenvalue weighted by Gasteiger charge is 2.34. The van der Waals surface area contributed by atoms with Crippen LogP contribution in [0.3, 0.4) is 0 Å². The van der Waals surface area contributed by atoms with Gasteiger partial charge in [0.05, 0.1) is 23.3 Å². The van der Waals surface area contributed by atoms with E-state index in [0.717, 1.165) is 23.9 Å². The Morgan fingerprint density at radius 3 is 2.79 bits per heavy atom. The molecule has 0 spiro atoms. The number of thioether (sulfide) groups is 1. The number of furan rings is 1. The number of amides is 1. The maximum atomic E-state index is 13.1. The minimum atomic E-state index is -4.65. The zero-order valence-corrected chi connectivity index (χ0v) is 16.3. The van der Waals surface area contributed by atoms with Gasteiger partial charge in [0.15, 0.2) is 10.9 Å². The van der Waals surface area contributed by atoms with Gasteiger partial charge in [-0.1, -0.05) is 29.4 Å². The Labute approximate surface area is 172 Å². The van der Waals surface area contributed by atoms with Crippen LogP contribution in [0.2, 0.25) is 5.02 Å². The van der Waals surface area contributed by atoms with Crippen molar-refractivity contribution in [2.24, 2.45) is 0 Å². The summed E-state index contributed by atoms with van der Waals surface area (Å²) in [4.78, 5) is 12.2. The maximum absolute atomic E-state index is 13.1. The predicted octanol–water partition coefficient (Wildman–Crippen LogP) is 5.13. The van der Waals surface area contributed by atoms with Gasteiger partial charge in [-0.25, -0.2) is 0 Å². The second kappa shape index (κ2) is 8.75. The fourth-order valence-electron chi connectivity index (χ4n) is 2.45. The summed E-state index contributed by atoms with van der Waals surface area (Å²) in [5.41, 5.74) is -1.38. The van der Waals surface area contributed by atoms with Crippen LogP contribution in [-0.4, -0.2) is 26.4 Å². The Hall–Kier alpha value is -2.72. The van der Waals surface area contributed by atoms with Gasteiger partial charge in [-0.15, -0.1) is 16.8 Å². The Morgan fingerprint density at radius 2 is 2.14 bits per heavy atom. The highest BCUT2D eigenvalue weighted by molar-refractivity contribution is 7.99. The number of anilines is 1. The van der Waals surface area contributed by atoms with Gasteiger partial charge in [0.2, 0.25) is 11.7 Å². The number of benzene rings is 1. The van der Waals surface area contributed by atoms with Crippen molar-refractivity contribution in [3.63, 3.8) is 0 Å². The van der Waals surface area contributed by atoms with Crippen molar-refractivity contribution in [2.75, 3.05) is 11.1 Å². The molecular formula is C18H14ClF3N4O2S. The van der Waals surface area contributed by atoms with Crippen molar-refractivity contribution < 1.29 is 22.4 Å². The highest BCUT2D eigenvalue weighted by Crippen LogP contribution is 2.36. The van der Waals surface area contributed by atoms with Gasteiger partial charge in [-0.2, -0.15) is 13.2 Å². The summed E-state index contributed by atoms with van der Waals surface area (Å²) in [5.74, 6) is 0.143. The van der Waals surface area contributed by atoms with Crippen LogP contribution in [-0.2, 0) is 17.5 Å². The predicted molar refractivity (Wildman–Crippen MR) is 104 cm³/mol. The fraction of sp³-hybridized carbons (Fsp3) is 0.167. The number of aromatic nitrogens is 3. The van der Waals surface area contributed by atoms with Gasteiger partial charge in [-0.3, -0.25) is 9.36 Å². The number of carbonyl (C=O) groups is 1. The van der Waals surface area contributed by atoms with Crippen LogP contribution >= 0.6 is 23.4 Å². The highest BCUT2D eigenvalue weighted by atomic mass is 35.5. The smallest absolute Gasteiger partial charge is 0.418 e. The number of hydrogen-bond donors (Lipinski definition) is 1. The number of rotatable bonds is 7. The van der Waals surface area contributed by atoms with Crippen molar-refractivity contribution in [3.8, 4) is 11.6 Å². The molecule has 0 bridgehead atoms. The quantitative estimate of drug-likeness (QED) is 0.406. The monoisotopic (exact) mass is 442 g/mol. The van der Waals surface area contributed by atoms with Crippen LogP contribution in [0.1, 0.15) is 5.56 Å². The lowest BCUT2D eigenvalue weighted by Gasteiger charge is -2.14. The second-order valence-corrected chi connectivity index (χ2v) is 7.09. The van der Waals surface area contributed by atoms with Gasteiger partial charge in [0.1, 0.15) is 0 Å². The molecule has 11 heteroatoms. The molecule has 0 atom stereocenters. The van der Waals surface area contributed by atoms with E-state index in [2.05, 4.69) is 22.1 Å². The average molecular weight is 443 g/mol. The lowest BCUT2D eigenvalue weighted by atomic mass is 10.1. The zero-order chi connectivity index (χ0) is 21.0. The van der Waals surface area contributed by atoms with E-state index in [1.165, 1.54) is 12.3 Å². The molecule has 1 N–H and O–H groups in total. The Kier molecular flexibility index (Phi) is 6.33. The number of halogens is 4. The SMILES string of the molecule is C=CCn1c(SCC(=O)Nc2ccc(Cl)cc2C(F)(F)F)nnc1-c1ccco1. The first kappa shape index (κ1) is 21.0. The summed E-state index contributed by atoms with van der Waals surface area (Å²) in [6.07, 6.45) is -1.53. The summed E-state index contributed by atoms with van der Waals surface area (Å²) < 4.78 is 46.5. The third-order valence-electron chi connectivity index (χ3n) is 3.66. The number of nitrogens with zero attached hydrogens (tertiary/aromatic N) is 3. The normalized spacial score (nSPS) is 11.4. The minimum Gasteiger partial charge on any atom is -0.461 e. The topological polar surface area (TPSA) is 73.0 Å². The second-order valence-electron chi connectivity index (χ2n) is 5.71. The molecule has 0 aliphatic rings. The molecule has 6 nitrogen and oxygen atoms in total. The summed E-state index contributed by atoms with van der Waals surface area (Å²) >= 11 is 6.67. The molecule has 0 radical (unpaired) electrons. The van der Waals surface area contributed by atoms with Crippen LogP contribution < -0.4 is 5.32 Å². The van der Waals surface area contributed by atoms with Gasteiger partial charge in [-0.05, 0) is 30.3 Å². The number of hydrogen-bond acceptors (Lipinski definition) is 5. The minimum absolute atomic E-state index is 0.0762. The van der Waals surface area contributed by atoms with Crippen molar-refractivity contribution in [1.82, 2.24) is 14.8 Å². The molecule has 1 aromatic carbocycles. The lowest BCUT2D eigenvalue weighted by Crippen LogP contribution is -2.18. The van der Waals surface area contributed by atoms with Crippen LogP contribution in [0, 0.1) is 0 Å². The van der Waals surface area contributed by atoms with Crippen LogP contribution in [0.4, 0.5) is 18.9 Å². The van der Waals surface area contributed by atoms with E-state index in [9.17, 15) is 18.0 Å². The molecule has 0 saturated carbocycles. The van der Waals surface area contributed by atoms with Gasteiger partial charge in [0, 0.05) is 11.6 Å². The lowest BCUT2D eigenvalue weighted by molar-refractivity contribution is -0.137. The molecule has 0 aliphatic carbocycles. The third-order valence-corrected chi connectivity index (χ3v) is 4.87. The Morgan fingerprint density at radius 1 is 1.34 bits per heavy atom. The van der Waals surface area contributed by atoms with E-state index in [1.807, 2.05) is 0 Å². The summed E-state index contributed by atoms with van der Waals surface area (Å²) in [5, 5.41) is 10.7. The molecule has 2 heterocycles. The van der Waals surface area contributed by atoms with E-state index in [-0.39, 0.29) is 16.5 Å². The van der Waals surface area contributed by atoms with Crippen LogP contribution in [0.15, 0.2) is 58.8 Å². The van der Waals surface area contributed by atoms with E-state index in [4.69, 9.17) is 16.0 Å². The average Bonchev–Trinajstić information content (AvgIpc) is 3.31. The van der Waals surface area contributed by atoms with Crippen LogP contribution in [0.25, 0.3) is 11.6 Å². The van der Waals surface area contributed by atoms with E-state index in [0.29, 0.717) is 23.3 Å². The van der Waals surface area contributed by atoms with Gasteiger partial charge >= 0.3 is 6.18 Å². The third kappa shape index (κ3) is 5.01. The maximum Gasteiger partial charge on any atom is 0.418 e. The summed E-state index contributed by atoms with van der Waals surface area (Å²) in [7, 11) is 0. The molecule has 1 amide bonds. The van der Waals surface area contributed by atoms with Crippen LogP contribution in [0.5, 0.6) is 0 Å². The summed E-state index contributed by atoms with van der Waals surface area (Å²) in [6.45, 7) is 4.04. The van der Waals surface area contributed by atoms with Crippen molar-refractivity contribution in [1.29, 1.82) is 0 Å². The fourth-order valence-corrected chi connectivity index (χ4v) is 3.37. The van der Waals surface area contributed by atoms with Crippen molar-refractivity contribution >= 4 is 35.0 Å². The largest absolute Gasteiger partial charge is 0.461 e. The van der Waals surface area contributed by atoms with Crippen molar-refractivity contribution in [2.45, 2.75) is 17.9 Å². The Bertz CT molecular complexity index is 1020. The number of alkyl halides is 3. The molecule has 2 aromatic heterocycles. The first-order valence-electron chi connectivity index (χ1n) is 8.17.